The molecule has 0 radical (unpaired) electrons. The molecule has 0 spiro atoms. The van der Waals surface area contributed by atoms with E-state index in [0.29, 0.717) is 0 Å². The first-order valence-electron chi connectivity index (χ1n) is 9.15. The number of carbonyl (C=O) groups excluding carboxylic acids is 2. The van der Waals surface area contributed by atoms with Gasteiger partial charge >= 0.3 is 6.03 Å². The Kier molecular flexibility index (Phi) is 5.71. The highest BCUT2D eigenvalue weighted by atomic mass is 16.2. The van der Waals surface area contributed by atoms with Crippen molar-refractivity contribution in [2.45, 2.75) is 45.3 Å². The van der Waals surface area contributed by atoms with E-state index in [1.54, 1.807) is 0 Å². The summed E-state index contributed by atoms with van der Waals surface area (Å²) in [6.45, 7) is 8.50. The van der Waals surface area contributed by atoms with Crippen molar-refractivity contribution in [2.75, 3.05) is 26.2 Å². The molecule has 1 aromatic carbocycles. The molecule has 6 heteroatoms. The number of piperazine rings is 1. The van der Waals surface area contributed by atoms with E-state index in [1.807, 2.05) is 6.92 Å². The molecule has 3 amide bonds. The van der Waals surface area contributed by atoms with Crippen LogP contribution in [-0.4, -0.2) is 60.0 Å². The summed E-state index contributed by atoms with van der Waals surface area (Å²) >= 11 is 0. The number of aryl methyl sites for hydroxylation is 1. The Bertz CT molecular complexity index is 622. The molecule has 1 atom stereocenters. The number of carbonyl (C=O) groups is 2. The van der Waals surface area contributed by atoms with Gasteiger partial charge in [0, 0.05) is 38.8 Å². The zero-order valence-corrected chi connectivity index (χ0v) is 15.1. The standard InChI is InChI=1S/C19H28N4O2/c1-14-5-3-4-6-16(14)13-22-9-11-23(12-10-22)15(2)18(24)21-19(25)20-17-7-8-17/h3-6,15,17H,7-13H2,1-2H3,(H2,20,21,24,25). The number of urea groups is 1. The van der Waals surface area contributed by atoms with Gasteiger partial charge in [-0.05, 0) is 37.8 Å². The van der Waals surface area contributed by atoms with Gasteiger partial charge in [-0.2, -0.15) is 0 Å². The minimum absolute atomic E-state index is 0.217. The molecule has 2 aliphatic rings. The Labute approximate surface area is 149 Å². The maximum Gasteiger partial charge on any atom is 0.321 e. The van der Waals surface area contributed by atoms with Gasteiger partial charge in [-0.1, -0.05) is 24.3 Å². The number of nitrogens with one attached hydrogen (secondary N) is 2. The molecule has 6 nitrogen and oxygen atoms in total. The SMILES string of the molecule is Cc1ccccc1CN1CCN(C(C)C(=O)NC(=O)NC2CC2)CC1. The van der Waals surface area contributed by atoms with Crippen LogP contribution in [0.3, 0.4) is 0 Å². The van der Waals surface area contributed by atoms with Crippen LogP contribution in [-0.2, 0) is 11.3 Å². The van der Waals surface area contributed by atoms with E-state index in [1.165, 1.54) is 11.1 Å². The van der Waals surface area contributed by atoms with Gasteiger partial charge in [0.15, 0.2) is 0 Å². The molecular weight excluding hydrogens is 316 g/mol. The smallest absolute Gasteiger partial charge is 0.321 e. The molecule has 2 N–H and O–H groups in total. The molecule has 2 fully saturated rings. The van der Waals surface area contributed by atoms with Gasteiger partial charge in [0.25, 0.3) is 0 Å². The number of amides is 3. The van der Waals surface area contributed by atoms with Crippen LogP contribution in [0.2, 0.25) is 0 Å². The van der Waals surface area contributed by atoms with Crippen molar-refractivity contribution in [2.24, 2.45) is 0 Å². The number of benzene rings is 1. The Morgan fingerprint density at radius 2 is 1.84 bits per heavy atom. The van der Waals surface area contributed by atoms with Crippen LogP contribution in [0.25, 0.3) is 0 Å². The molecule has 25 heavy (non-hydrogen) atoms. The zero-order chi connectivity index (χ0) is 17.8. The van der Waals surface area contributed by atoms with Crippen molar-refractivity contribution in [3.05, 3.63) is 35.4 Å². The Morgan fingerprint density at radius 1 is 1.16 bits per heavy atom. The van der Waals surface area contributed by atoms with Gasteiger partial charge in [0.1, 0.15) is 0 Å². The molecule has 3 rings (SSSR count). The lowest BCUT2D eigenvalue weighted by Gasteiger charge is -2.37. The average Bonchev–Trinajstić information content (AvgIpc) is 3.40. The van der Waals surface area contributed by atoms with E-state index in [9.17, 15) is 9.59 Å². The topological polar surface area (TPSA) is 64.7 Å². The number of imide groups is 1. The summed E-state index contributed by atoms with van der Waals surface area (Å²) in [6, 6.07) is 8.07. The van der Waals surface area contributed by atoms with Crippen LogP contribution in [0.1, 0.15) is 30.9 Å². The molecule has 1 saturated heterocycles. The quantitative estimate of drug-likeness (QED) is 0.849. The summed E-state index contributed by atoms with van der Waals surface area (Å²) in [7, 11) is 0. The lowest BCUT2D eigenvalue weighted by atomic mass is 10.1. The first-order valence-corrected chi connectivity index (χ1v) is 9.15. The van der Waals surface area contributed by atoms with Crippen molar-refractivity contribution in [3.63, 3.8) is 0 Å². The molecule has 0 aromatic heterocycles. The zero-order valence-electron chi connectivity index (χ0n) is 15.1. The second-order valence-electron chi connectivity index (χ2n) is 7.15. The van der Waals surface area contributed by atoms with Crippen LogP contribution >= 0.6 is 0 Å². The number of hydrogen-bond acceptors (Lipinski definition) is 4. The molecule has 1 saturated carbocycles. The van der Waals surface area contributed by atoms with Gasteiger partial charge in [0.2, 0.25) is 5.91 Å². The van der Waals surface area contributed by atoms with Gasteiger partial charge in [-0.25, -0.2) is 4.79 Å². The summed E-state index contributed by atoms with van der Waals surface area (Å²) in [6.07, 6.45) is 2.03. The van der Waals surface area contributed by atoms with Crippen molar-refractivity contribution in [1.82, 2.24) is 20.4 Å². The highest BCUT2D eigenvalue weighted by Crippen LogP contribution is 2.18. The normalized spacial score (nSPS) is 20.1. The second-order valence-corrected chi connectivity index (χ2v) is 7.15. The van der Waals surface area contributed by atoms with Crippen LogP contribution in [0.4, 0.5) is 4.79 Å². The summed E-state index contributed by atoms with van der Waals surface area (Å²) in [5.41, 5.74) is 2.68. The minimum Gasteiger partial charge on any atom is -0.335 e. The number of rotatable bonds is 5. The monoisotopic (exact) mass is 344 g/mol. The third-order valence-corrected chi connectivity index (χ3v) is 5.14. The average molecular weight is 344 g/mol. The van der Waals surface area contributed by atoms with Crippen molar-refractivity contribution in [3.8, 4) is 0 Å². The van der Waals surface area contributed by atoms with E-state index >= 15 is 0 Å². The molecule has 1 unspecified atom stereocenters. The molecule has 0 bridgehead atoms. The molecule has 136 valence electrons. The van der Waals surface area contributed by atoms with Gasteiger partial charge < -0.3 is 5.32 Å². The van der Waals surface area contributed by atoms with Gasteiger partial charge in [-0.3, -0.25) is 19.9 Å². The molecular formula is C19H28N4O2. The predicted molar refractivity (Wildman–Crippen MR) is 97.2 cm³/mol. The molecule has 1 aromatic rings. The highest BCUT2D eigenvalue weighted by Gasteiger charge is 2.28. The first-order chi connectivity index (χ1) is 12.0. The fraction of sp³-hybridized carbons (Fsp3) is 0.579. The van der Waals surface area contributed by atoms with E-state index in [-0.39, 0.29) is 24.0 Å². The van der Waals surface area contributed by atoms with Gasteiger partial charge in [-0.15, -0.1) is 0 Å². The highest BCUT2D eigenvalue weighted by molar-refractivity contribution is 5.97. The van der Waals surface area contributed by atoms with E-state index < -0.39 is 0 Å². The van der Waals surface area contributed by atoms with E-state index in [2.05, 4.69) is 51.6 Å². The number of hydrogen-bond donors (Lipinski definition) is 2. The van der Waals surface area contributed by atoms with E-state index in [4.69, 9.17) is 0 Å². The second kappa shape index (κ2) is 7.97. The lowest BCUT2D eigenvalue weighted by Crippen LogP contribution is -2.55. The van der Waals surface area contributed by atoms with Gasteiger partial charge in [0.05, 0.1) is 6.04 Å². The third kappa shape index (κ3) is 5.03. The van der Waals surface area contributed by atoms with Crippen molar-refractivity contribution < 1.29 is 9.59 Å². The molecule has 1 aliphatic carbocycles. The van der Waals surface area contributed by atoms with Crippen LogP contribution in [0.15, 0.2) is 24.3 Å². The predicted octanol–water partition coefficient (Wildman–Crippen LogP) is 1.49. The molecule has 1 heterocycles. The largest absolute Gasteiger partial charge is 0.335 e. The third-order valence-electron chi connectivity index (χ3n) is 5.14. The maximum atomic E-state index is 12.2. The summed E-state index contributed by atoms with van der Waals surface area (Å²) < 4.78 is 0. The summed E-state index contributed by atoms with van der Waals surface area (Å²) in [5.74, 6) is -0.217. The fourth-order valence-electron chi connectivity index (χ4n) is 3.17. The fourth-order valence-corrected chi connectivity index (χ4v) is 3.17. The Morgan fingerprint density at radius 3 is 2.48 bits per heavy atom. The van der Waals surface area contributed by atoms with Crippen molar-refractivity contribution >= 4 is 11.9 Å². The van der Waals surface area contributed by atoms with Crippen molar-refractivity contribution in [1.29, 1.82) is 0 Å². The van der Waals surface area contributed by atoms with E-state index in [0.717, 1.165) is 45.6 Å². The molecule has 1 aliphatic heterocycles. The maximum absolute atomic E-state index is 12.2. The summed E-state index contributed by atoms with van der Waals surface area (Å²) in [5, 5.41) is 5.25. The summed E-state index contributed by atoms with van der Waals surface area (Å²) in [4.78, 5) is 28.5. The van der Waals surface area contributed by atoms with Crippen LogP contribution in [0.5, 0.6) is 0 Å². The van der Waals surface area contributed by atoms with Crippen LogP contribution < -0.4 is 10.6 Å². The van der Waals surface area contributed by atoms with Crippen LogP contribution in [0, 0.1) is 6.92 Å². The Balaban J connectivity index is 1.43. The minimum atomic E-state index is -0.363. The Hall–Kier alpha value is -1.92. The number of nitrogens with zero attached hydrogens (tertiary/aromatic N) is 2. The first kappa shape index (κ1) is 17.9. The lowest BCUT2D eigenvalue weighted by molar-refractivity contribution is -0.125.